The van der Waals surface area contributed by atoms with E-state index in [1.165, 1.54) is 12.4 Å². The molecule has 2 amide bonds. The van der Waals surface area contributed by atoms with Crippen molar-refractivity contribution in [3.8, 4) is 5.75 Å². The summed E-state index contributed by atoms with van der Waals surface area (Å²) < 4.78 is 45.5. The molecule has 248 valence electrons. The number of halogens is 2. The largest absolute Gasteiger partial charge is 0.432 e. The standard InChI is InChI=1S/C29H38F2N10O4S/c1-19-24(15-20-16-34-41(26(20)35-19)23-3-4-25(42)37-27(23)43)39-12-10-38(11-13-39)7-2-14-46(44)40-8-5-21(6-9-40)36-29-32-17-22(18-33-29)45-28(30)31/h15-18,21,23,28H,2-14H2,1H3,(H,32,33,36)(H,37,42,43). The molecule has 14 nitrogen and oxygen atoms in total. The number of ether oxygens (including phenoxy) is 1. The fraction of sp³-hybridized carbons (Fsp3) is 0.586. The molecule has 0 spiro atoms. The lowest BCUT2D eigenvalue weighted by Gasteiger charge is -2.36. The number of imide groups is 1. The second-order valence-electron chi connectivity index (χ2n) is 11.7. The number of piperidine rings is 2. The second-order valence-corrected chi connectivity index (χ2v) is 13.3. The molecule has 0 radical (unpaired) electrons. The number of nitrogens with zero attached hydrogens (tertiary/aromatic N) is 8. The van der Waals surface area contributed by atoms with E-state index in [2.05, 4.69) is 46.3 Å². The van der Waals surface area contributed by atoms with Crippen LogP contribution in [0.15, 0.2) is 24.7 Å². The van der Waals surface area contributed by atoms with Gasteiger partial charge in [0.15, 0.2) is 11.4 Å². The van der Waals surface area contributed by atoms with Crippen molar-refractivity contribution in [2.45, 2.75) is 57.7 Å². The number of fused-ring (bicyclic) bond motifs is 1. The number of rotatable bonds is 11. The molecule has 0 aromatic carbocycles. The number of carbonyl (C=O) groups excluding carboxylic acids is 2. The average Bonchev–Trinajstić information content (AvgIpc) is 3.44. The van der Waals surface area contributed by atoms with Crippen LogP contribution in [0.4, 0.5) is 20.4 Å². The number of anilines is 2. The topological polar surface area (TPSA) is 151 Å². The number of hydrogen-bond acceptors (Lipinski definition) is 11. The number of carbonyl (C=O) groups is 2. The summed E-state index contributed by atoms with van der Waals surface area (Å²) in [4.78, 5) is 41.6. The summed E-state index contributed by atoms with van der Waals surface area (Å²) in [7, 11) is -1.05. The van der Waals surface area contributed by atoms with E-state index in [1.807, 2.05) is 11.2 Å². The smallest absolute Gasteiger partial charge is 0.387 e. The first-order chi connectivity index (χ1) is 22.2. The van der Waals surface area contributed by atoms with Gasteiger partial charge in [0, 0.05) is 62.9 Å². The first-order valence-corrected chi connectivity index (χ1v) is 16.8. The van der Waals surface area contributed by atoms with Gasteiger partial charge in [0.1, 0.15) is 6.04 Å². The Morgan fingerprint density at radius 2 is 1.80 bits per heavy atom. The summed E-state index contributed by atoms with van der Waals surface area (Å²) >= 11 is 0. The van der Waals surface area contributed by atoms with Crippen LogP contribution in [-0.2, 0) is 20.6 Å². The zero-order valence-corrected chi connectivity index (χ0v) is 26.4. The van der Waals surface area contributed by atoms with Gasteiger partial charge in [0.05, 0.1) is 41.0 Å². The third kappa shape index (κ3) is 7.58. The summed E-state index contributed by atoms with van der Waals surface area (Å²) in [6, 6.07) is 1.66. The lowest BCUT2D eigenvalue weighted by Crippen LogP contribution is -2.47. The SMILES string of the molecule is Cc1nc2c(cnn2C2CCC(=O)NC2=O)cc1N1CCN(CCCS(=O)N2CCC(Nc3ncc(OC(F)F)cn3)CC2)CC1. The molecule has 0 bridgehead atoms. The van der Waals surface area contributed by atoms with Gasteiger partial charge in [-0.15, -0.1) is 0 Å². The van der Waals surface area contributed by atoms with Crippen LogP contribution in [0.5, 0.6) is 5.75 Å². The van der Waals surface area contributed by atoms with E-state index in [0.29, 0.717) is 36.9 Å². The molecule has 17 heteroatoms. The zero-order chi connectivity index (χ0) is 32.2. The molecular formula is C29H38F2N10O4S. The van der Waals surface area contributed by atoms with Gasteiger partial charge >= 0.3 is 6.61 Å². The normalized spacial score (nSPS) is 21.1. The van der Waals surface area contributed by atoms with E-state index in [1.54, 1.807) is 10.9 Å². The third-order valence-corrected chi connectivity index (χ3v) is 10.3. The van der Waals surface area contributed by atoms with Crippen molar-refractivity contribution in [3.05, 3.63) is 30.4 Å². The zero-order valence-electron chi connectivity index (χ0n) is 25.6. The fourth-order valence-electron chi connectivity index (χ4n) is 6.21. The van der Waals surface area contributed by atoms with Crippen molar-refractivity contribution in [1.29, 1.82) is 0 Å². The minimum absolute atomic E-state index is 0.0869. The van der Waals surface area contributed by atoms with Crippen LogP contribution < -0.4 is 20.3 Å². The van der Waals surface area contributed by atoms with Crippen molar-refractivity contribution in [2.75, 3.05) is 61.8 Å². The lowest BCUT2D eigenvalue weighted by atomic mass is 10.1. The Morgan fingerprint density at radius 3 is 2.50 bits per heavy atom. The van der Waals surface area contributed by atoms with Crippen LogP contribution in [-0.4, -0.2) is 114 Å². The molecule has 3 fully saturated rings. The predicted molar refractivity (Wildman–Crippen MR) is 167 cm³/mol. The number of pyridine rings is 1. The Labute approximate surface area is 267 Å². The molecule has 0 saturated carbocycles. The van der Waals surface area contributed by atoms with E-state index in [0.717, 1.165) is 68.8 Å². The average molecular weight is 661 g/mol. The Hall–Kier alpha value is -3.83. The Kier molecular flexibility index (Phi) is 9.98. The Bertz CT molecular complexity index is 1560. The van der Waals surface area contributed by atoms with E-state index in [-0.39, 0.29) is 30.0 Å². The molecular weight excluding hydrogens is 622 g/mol. The molecule has 0 aliphatic carbocycles. The van der Waals surface area contributed by atoms with Gasteiger partial charge in [-0.2, -0.15) is 13.9 Å². The van der Waals surface area contributed by atoms with E-state index < -0.39 is 23.6 Å². The number of amides is 2. The van der Waals surface area contributed by atoms with Crippen molar-refractivity contribution in [1.82, 2.24) is 39.3 Å². The molecule has 6 heterocycles. The Balaban J connectivity index is 0.917. The maximum atomic E-state index is 13.0. The lowest BCUT2D eigenvalue weighted by molar-refractivity contribution is -0.135. The number of alkyl halides is 2. The number of aryl methyl sites for hydroxylation is 1. The molecule has 3 aromatic heterocycles. The minimum atomic E-state index is -2.92. The predicted octanol–water partition coefficient (Wildman–Crippen LogP) is 1.86. The van der Waals surface area contributed by atoms with Gasteiger partial charge in [-0.1, -0.05) is 0 Å². The van der Waals surface area contributed by atoms with Gasteiger partial charge in [-0.05, 0) is 45.2 Å². The monoisotopic (exact) mass is 660 g/mol. The first kappa shape index (κ1) is 32.1. The highest BCUT2D eigenvalue weighted by atomic mass is 32.2. The minimum Gasteiger partial charge on any atom is -0.432 e. The first-order valence-electron chi connectivity index (χ1n) is 15.6. The molecule has 2 unspecified atom stereocenters. The molecule has 2 atom stereocenters. The highest BCUT2D eigenvalue weighted by molar-refractivity contribution is 7.82. The maximum absolute atomic E-state index is 13.0. The second kappa shape index (κ2) is 14.3. The quantitative estimate of drug-likeness (QED) is 0.290. The van der Waals surface area contributed by atoms with Crippen LogP contribution >= 0.6 is 0 Å². The van der Waals surface area contributed by atoms with Crippen molar-refractivity contribution < 1.29 is 27.3 Å². The van der Waals surface area contributed by atoms with Gasteiger partial charge in [0.25, 0.3) is 5.91 Å². The van der Waals surface area contributed by atoms with Crippen molar-refractivity contribution in [3.63, 3.8) is 0 Å². The fourth-order valence-corrected chi connectivity index (χ4v) is 7.46. The van der Waals surface area contributed by atoms with E-state index in [9.17, 15) is 22.6 Å². The number of aromatic nitrogens is 5. The molecule has 3 aliphatic heterocycles. The molecule has 46 heavy (non-hydrogen) atoms. The van der Waals surface area contributed by atoms with Gasteiger partial charge < -0.3 is 15.0 Å². The van der Waals surface area contributed by atoms with Crippen LogP contribution in [0.1, 0.15) is 43.8 Å². The molecule has 2 N–H and O–H groups in total. The highest BCUT2D eigenvalue weighted by Gasteiger charge is 2.31. The summed E-state index contributed by atoms with van der Waals surface area (Å²) in [5, 5.41) is 10.9. The van der Waals surface area contributed by atoms with Gasteiger partial charge in [-0.3, -0.25) is 19.8 Å². The van der Waals surface area contributed by atoms with Crippen LogP contribution in [0.25, 0.3) is 11.0 Å². The molecule has 6 rings (SSSR count). The summed E-state index contributed by atoms with van der Waals surface area (Å²) in [6.45, 7) is 4.82. The van der Waals surface area contributed by atoms with Crippen molar-refractivity contribution in [2.24, 2.45) is 0 Å². The summed E-state index contributed by atoms with van der Waals surface area (Å²) in [5.74, 6) is 0.284. The van der Waals surface area contributed by atoms with E-state index >= 15 is 0 Å². The van der Waals surface area contributed by atoms with E-state index in [4.69, 9.17) is 4.98 Å². The van der Waals surface area contributed by atoms with Crippen molar-refractivity contribution >= 4 is 45.5 Å². The van der Waals surface area contributed by atoms with Crippen LogP contribution in [0.3, 0.4) is 0 Å². The summed E-state index contributed by atoms with van der Waals surface area (Å²) in [6.07, 6.45) is 7.26. The Morgan fingerprint density at radius 1 is 1.07 bits per heavy atom. The van der Waals surface area contributed by atoms with Gasteiger partial charge in [0.2, 0.25) is 11.9 Å². The van der Waals surface area contributed by atoms with Crippen LogP contribution in [0, 0.1) is 6.92 Å². The molecule has 3 aromatic rings. The van der Waals surface area contributed by atoms with Gasteiger partial charge in [-0.25, -0.2) is 28.1 Å². The maximum Gasteiger partial charge on any atom is 0.387 e. The number of hydrogen-bond donors (Lipinski definition) is 2. The molecule has 3 aliphatic rings. The number of nitrogens with one attached hydrogen (secondary N) is 2. The molecule has 3 saturated heterocycles. The number of piperazine rings is 1. The van der Waals surface area contributed by atoms with Crippen LogP contribution in [0.2, 0.25) is 0 Å². The highest BCUT2D eigenvalue weighted by Crippen LogP contribution is 2.28. The summed E-state index contributed by atoms with van der Waals surface area (Å²) in [5.41, 5.74) is 2.57. The third-order valence-electron chi connectivity index (χ3n) is 8.67.